The first-order chi connectivity index (χ1) is 14.1. The first kappa shape index (κ1) is 18.0. The predicted octanol–water partition coefficient (Wildman–Crippen LogP) is 4.32. The van der Waals surface area contributed by atoms with Gasteiger partial charge < -0.3 is 15.2 Å². The van der Waals surface area contributed by atoms with Crippen LogP contribution in [-0.2, 0) is 19.3 Å². The third kappa shape index (κ3) is 3.20. The third-order valence-corrected chi connectivity index (χ3v) is 6.27. The molecule has 148 valence electrons. The van der Waals surface area contributed by atoms with Gasteiger partial charge in [0.05, 0.1) is 0 Å². The second kappa shape index (κ2) is 7.07. The molecular weight excluding hydrogens is 362 g/mol. The fourth-order valence-corrected chi connectivity index (χ4v) is 4.59. The zero-order valence-electron chi connectivity index (χ0n) is 16.7. The van der Waals surface area contributed by atoms with Gasteiger partial charge in [0.25, 0.3) is 11.8 Å². The van der Waals surface area contributed by atoms with Crippen molar-refractivity contribution < 1.29 is 9.59 Å². The van der Waals surface area contributed by atoms with Gasteiger partial charge in [0, 0.05) is 47.0 Å². The molecule has 0 atom stereocenters. The number of benzene rings is 2. The average molecular weight is 387 g/mol. The number of carbonyl (C=O) groups is 2. The number of likely N-dealkylation sites (N-methyl/N-ethyl adjacent to an activating group) is 1. The second-order valence-corrected chi connectivity index (χ2v) is 8.21. The summed E-state index contributed by atoms with van der Waals surface area (Å²) in [5.74, 6) is -0.134. The molecule has 0 saturated heterocycles. The first-order valence-corrected chi connectivity index (χ1v) is 10.4. The van der Waals surface area contributed by atoms with Crippen LogP contribution in [0.5, 0.6) is 0 Å². The molecule has 29 heavy (non-hydrogen) atoms. The van der Waals surface area contributed by atoms with E-state index in [1.807, 2.05) is 37.4 Å². The normalized spacial score (nSPS) is 16.3. The third-order valence-electron chi connectivity index (χ3n) is 6.27. The van der Waals surface area contributed by atoms with E-state index in [2.05, 4.69) is 10.3 Å². The Morgan fingerprint density at radius 1 is 1.03 bits per heavy atom. The Kier molecular flexibility index (Phi) is 4.38. The lowest BCUT2D eigenvalue weighted by Crippen LogP contribution is -2.34. The number of nitrogens with one attached hydrogen (secondary N) is 2. The zero-order valence-corrected chi connectivity index (χ0v) is 16.7. The number of fused-ring (bicyclic) bond motifs is 4. The zero-order chi connectivity index (χ0) is 20.0. The molecule has 0 saturated carbocycles. The lowest BCUT2D eigenvalue weighted by molar-refractivity contribution is 0.0780. The first-order valence-electron chi connectivity index (χ1n) is 10.4. The number of anilines is 1. The van der Waals surface area contributed by atoms with Crippen molar-refractivity contribution in [3.8, 4) is 0 Å². The van der Waals surface area contributed by atoms with Gasteiger partial charge >= 0.3 is 0 Å². The van der Waals surface area contributed by atoms with Crippen molar-refractivity contribution in [2.24, 2.45) is 0 Å². The molecule has 0 unspecified atom stereocenters. The monoisotopic (exact) mass is 387 g/mol. The molecule has 1 aromatic heterocycles. The molecule has 3 aromatic rings. The number of hydrogen-bond acceptors (Lipinski definition) is 2. The Bertz CT molecular complexity index is 1130. The molecule has 1 aliphatic carbocycles. The molecule has 2 amide bonds. The fourth-order valence-electron chi connectivity index (χ4n) is 4.59. The minimum atomic E-state index is -0.146. The molecule has 0 spiro atoms. The maximum Gasteiger partial charge on any atom is 0.255 e. The Balaban J connectivity index is 1.43. The molecule has 2 aliphatic rings. The van der Waals surface area contributed by atoms with Gasteiger partial charge in [-0.15, -0.1) is 0 Å². The van der Waals surface area contributed by atoms with Crippen LogP contribution in [-0.4, -0.2) is 35.3 Å². The van der Waals surface area contributed by atoms with Crippen molar-refractivity contribution in [2.75, 3.05) is 18.9 Å². The number of hydrogen-bond donors (Lipinski definition) is 2. The lowest BCUT2D eigenvalue weighted by Gasteiger charge is -2.25. The number of nitrogens with zero attached hydrogens (tertiary/aromatic N) is 1. The van der Waals surface area contributed by atoms with Gasteiger partial charge in [-0.2, -0.15) is 0 Å². The van der Waals surface area contributed by atoms with Crippen molar-refractivity contribution in [3.63, 3.8) is 0 Å². The van der Waals surface area contributed by atoms with Gasteiger partial charge in [-0.3, -0.25) is 9.59 Å². The molecule has 0 bridgehead atoms. The summed E-state index contributed by atoms with van der Waals surface area (Å²) in [5, 5.41) is 4.14. The Morgan fingerprint density at radius 3 is 2.79 bits per heavy atom. The van der Waals surface area contributed by atoms with Crippen molar-refractivity contribution >= 4 is 28.4 Å². The number of H-pyrrole nitrogens is 1. The van der Waals surface area contributed by atoms with E-state index in [9.17, 15) is 9.59 Å². The van der Waals surface area contributed by atoms with Gasteiger partial charge in [-0.25, -0.2) is 0 Å². The summed E-state index contributed by atoms with van der Waals surface area (Å²) in [4.78, 5) is 30.6. The van der Waals surface area contributed by atoms with E-state index >= 15 is 0 Å². The smallest absolute Gasteiger partial charge is 0.255 e. The number of aromatic nitrogens is 1. The van der Waals surface area contributed by atoms with Crippen LogP contribution in [0.4, 0.5) is 5.69 Å². The second-order valence-electron chi connectivity index (χ2n) is 8.21. The molecule has 2 heterocycles. The summed E-state index contributed by atoms with van der Waals surface area (Å²) in [6, 6.07) is 11.5. The van der Waals surface area contributed by atoms with Crippen LogP contribution in [0.2, 0.25) is 0 Å². The van der Waals surface area contributed by atoms with E-state index in [1.165, 1.54) is 30.5 Å². The highest BCUT2D eigenvalue weighted by Crippen LogP contribution is 2.29. The molecule has 5 nitrogen and oxygen atoms in total. The average Bonchev–Trinajstić information content (AvgIpc) is 2.90. The van der Waals surface area contributed by atoms with Gasteiger partial charge in [0.2, 0.25) is 0 Å². The standard InChI is InChI=1S/C24H25N3O2/c1-27-12-11-15-7-9-17(14-19(15)24(27)29)25-23(28)16-8-10-22-20(13-16)18-5-3-2-4-6-21(18)26-22/h7-10,13-14,26H,2-6,11-12H2,1H3,(H,25,28). The van der Waals surface area contributed by atoms with Crippen LogP contribution < -0.4 is 5.32 Å². The quantitative estimate of drug-likeness (QED) is 0.643. The molecule has 1 aliphatic heterocycles. The van der Waals surface area contributed by atoms with E-state index in [0.717, 1.165) is 42.3 Å². The maximum absolute atomic E-state index is 12.9. The Morgan fingerprint density at radius 2 is 1.90 bits per heavy atom. The van der Waals surface area contributed by atoms with Crippen LogP contribution in [0.3, 0.4) is 0 Å². The van der Waals surface area contributed by atoms with Crippen molar-refractivity contribution in [3.05, 3.63) is 64.3 Å². The van der Waals surface area contributed by atoms with Crippen molar-refractivity contribution in [1.82, 2.24) is 9.88 Å². The molecular formula is C24H25N3O2. The highest BCUT2D eigenvalue weighted by molar-refractivity contribution is 6.07. The van der Waals surface area contributed by atoms with Gasteiger partial charge in [0.15, 0.2) is 0 Å². The molecule has 2 N–H and O–H groups in total. The highest BCUT2D eigenvalue weighted by Gasteiger charge is 2.22. The van der Waals surface area contributed by atoms with Crippen LogP contribution in [0.25, 0.3) is 10.9 Å². The van der Waals surface area contributed by atoms with Crippen LogP contribution in [0.1, 0.15) is 56.8 Å². The highest BCUT2D eigenvalue weighted by atomic mass is 16.2. The minimum absolute atomic E-state index is 0.0128. The lowest BCUT2D eigenvalue weighted by atomic mass is 9.98. The SMILES string of the molecule is CN1CCc2ccc(NC(=O)c3ccc4[nH]c5c(c4c3)CCCCC5)cc2C1=O. The van der Waals surface area contributed by atoms with Gasteiger partial charge in [0.1, 0.15) is 0 Å². The molecule has 5 heteroatoms. The minimum Gasteiger partial charge on any atom is -0.358 e. The molecule has 5 rings (SSSR count). The maximum atomic E-state index is 12.9. The Hall–Kier alpha value is -3.08. The summed E-state index contributed by atoms with van der Waals surface area (Å²) in [7, 11) is 1.81. The number of amides is 2. The molecule has 2 aromatic carbocycles. The molecule has 0 fully saturated rings. The summed E-state index contributed by atoms with van der Waals surface area (Å²) in [6.45, 7) is 0.735. The van der Waals surface area contributed by atoms with E-state index in [4.69, 9.17) is 0 Å². The van der Waals surface area contributed by atoms with Crippen LogP contribution in [0, 0.1) is 0 Å². The fraction of sp³-hybridized carbons (Fsp3) is 0.333. The number of aromatic amines is 1. The van der Waals surface area contributed by atoms with E-state index in [-0.39, 0.29) is 11.8 Å². The van der Waals surface area contributed by atoms with Crippen molar-refractivity contribution in [2.45, 2.75) is 38.5 Å². The van der Waals surface area contributed by atoms with Crippen LogP contribution in [0.15, 0.2) is 36.4 Å². The number of carbonyl (C=O) groups excluding carboxylic acids is 2. The summed E-state index contributed by atoms with van der Waals surface area (Å²) >= 11 is 0. The predicted molar refractivity (Wildman–Crippen MR) is 115 cm³/mol. The summed E-state index contributed by atoms with van der Waals surface area (Å²) in [5.41, 5.74) is 6.83. The van der Waals surface area contributed by atoms with Crippen molar-refractivity contribution in [1.29, 1.82) is 0 Å². The Labute approximate surface area is 170 Å². The summed E-state index contributed by atoms with van der Waals surface area (Å²) < 4.78 is 0. The number of aryl methyl sites for hydroxylation is 2. The van der Waals surface area contributed by atoms with Gasteiger partial charge in [-0.1, -0.05) is 12.5 Å². The van der Waals surface area contributed by atoms with E-state index < -0.39 is 0 Å². The number of rotatable bonds is 2. The summed E-state index contributed by atoms with van der Waals surface area (Å²) in [6.07, 6.45) is 6.69. The molecule has 0 radical (unpaired) electrons. The van der Waals surface area contributed by atoms with Crippen LogP contribution >= 0.6 is 0 Å². The topological polar surface area (TPSA) is 65.2 Å². The largest absolute Gasteiger partial charge is 0.358 e. The van der Waals surface area contributed by atoms with E-state index in [0.29, 0.717) is 16.8 Å². The van der Waals surface area contributed by atoms with E-state index in [1.54, 1.807) is 11.0 Å². The van der Waals surface area contributed by atoms with Gasteiger partial charge in [-0.05, 0) is 73.6 Å².